The van der Waals surface area contributed by atoms with Gasteiger partial charge in [0.25, 0.3) is 0 Å². The average Bonchev–Trinajstić information content (AvgIpc) is 2.14. The third-order valence-electron chi connectivity index (χ3n) is 1.26. The Hall–Kier alpha value is 0.0229. The second-order valence-corrected chi connectivity index (χ2v) is 4.97. The number of rotatable bonds is 1. The topological polar surface area (TPSA) is 0 Å². The molecule has 1 aliphatic rings. The van der Waals surface area contributed by atoms with E-state index in [0.717, 1.165) is 0 Å². The van der Waals surface area contributed by atoms with Crippen LogP contribution in [0.1, 0.15) is 6.42 Å². The maximum absolute atomic E-state index is 2.37. The molecule has 0 fully saturated rings. The summed E-state index contributed by atoms with van der Waals surface area (Å²) in [4.78, 5) is 0. The molecule has 38 valence electrons. The van der Waals surface area contributed by atoms with Crippen LogP contribution in [0.3, 0.4) is 0 Å². The van der Waals surface area contributed by atoms with Gasteiger partial charge in [-0.05, 0) is 0 Å². The Labute approximate surface area is 50.8 Å². The van der Waals surface area contributed by atoms with Gasteiger partial charge in [-0.2, -0.15) is 0 Å². The van der Waals surface area contributed by atoms with Crippen LogP contribution in [0.25, 0.3) is 0 Å². The molecule has 1 rings (SSSR count). The Morgan fingerprint density at radius 3 is 2.86 bits per heavy atom. The summed E-state index contributed by atoms with van der Waals surface area (Å²) in [6, 6.07) is 0. The summed E-state index contributed by atoms with van der Waals surface area (Å²) in [5, 5.41) is 0. The number of hydrogen-bond donors (Lipinski definition) is 0. The van der Waals surface area contributed by atoms with Gasteiger partial charge in [0.15, 0.2) is 0 Å². The minimum atomic E-state index is -0.194. The molecule has 0 bridgehead atoms. The molecule has 0 aromatic rings. The zero-order chi connectivity index (χ0) is 5.11. The first kappa shape index (κ1) is 5.17. The van der Waals surface area contributed by atoms with Crippen LogP contribution in [0.4, 0.5) is 0 Å². The van der Waals surface area contributed by atoms with E-state index in [9.17, 15) is 0 Å². The molecule has 0 saturated heterocycles. The van der Waals surface area contributed by atoms with Crippen LogP contribution < -0.4 is 0 Å². The van der Waals surface area contributed by atoms with Crippen molar-refractivity contribution in [1.29, 1.82) is 0 Å². The summed E-state index contributed by atoms with van der Waals surface area (Å²) in [6.07, 6.45) is 8.07. The Morgan fingerprint density at radius 1 is 1.71 bits per heavy atom. The predicted octanol–water partition coefficient (Wildman–Crippen LogP) is 1.05. The van der Waals surface area contributed by atoms with Gasteiger partial charge in [0.1, 0.15) is 0 Å². The van der Waals surface area contributed by atoms with Crippen molar-refractivity contribution in [3.8, 4) is 0 Å². The summed E-state index contributed by atoms with van der Waals surface area (Å²) in [7, 11) is 0. The van der Waals surface area contributed by atoms with Crippen molar-refractivity contribution in [2.45, 2.75) is 12.2 Å². The maximum atomic E-state index is 2.37. The fourth-order valence-corrected chi connectivity index (χ4v) is 2.57. The first-order valence-electron chi connectivity index (χ1n) is 2.79. The molecule has 0 unspecified atom stereocenters. The van der Waals surface area contributed by atoms with Crippen molar-refractivity contribution in [3.63, 3.8) is 0 Å². The van der Waals surface area contributed by atoms with Crippen molar-refractivity contribution < 1.29 is 0 Å². The molecule has 0 atom stereocenters. The van der Waals surface area contributed by atoms with Crippen molar-refractivity contribution >= 4 is 15.4 Å². The summed E-state index contributed by atoms with van der Waals surface area (Å²) < 4.78 is 1.67. The van der Waals surface area contributed by atoms with Gasteiger partial charge in [0.05, 0.1) is 0 Å². The van der Waals surface area contributed by atoms with E-state index in [0.29, 0.717) is 0 Å². The fraction of sp³-hybridized carbons (Fsp3) is 0.333. The predicted molar refractivity (Wildman–Crippen MR) is 36.2 cm³/mol. The van der Waals surface area contributed by atoms with Crippen LogP contribution in [-0.2, 0) is 0 Å². The van der Waals surface area contributed by atoms with Gasteiger partial charge in [-0.3, -0.25) is 0 Å². The second-order valence-electron chi connectivity index (χ2n) is 1.77. The first-order chi connectivity index (χ1) is 3.43. The van der Waals surface area contributed by atoms with Crippen molar-refractivity contribution in [2.24, 2.45) is 0 Å². The molecule has 0 heterocycles. The minimum absolute atomic E-state index is 0.194. The van der Waals surface area contributed by atoms with Crippen LogP contribution in [0.2, 0.25) is 5.76 Å². The van der Waals surface area contributed by atoms with Crippen LogP contribution in [0, 0.1) is 0 Å². The third-order valence-corrected chi connectivity index (χ3v) is 4.07. The van der Waals surface area contributed by atoms with E-state index in [-0.39, 0.29) is 15.4 Å². The SMILES string of the molecule is [CH3][GeH2][C]1=CCC=C1. The van der Waals surface area contributed by atoms with E-state index in [1.807, 2.05) is 0 Å². The van der Waals surface area contributed by atoms with Crippen LogP contribution >= 0.6 is 0 Å². The molecular weight excluding hydrogens is 145 g/mol. The third kappa shape index (κ3) is 1.20. The molecule has 0 aromatic heterocycles. The first-order valence-corrected chi connectivity index (χ1v) is 7.24. The second kappa shape index (κ2) is 2.36. The Balaban J connectivity index is 2.52. The molecule has 1 aliphatic carbocycles. The van der Waals surface area contributed by atoms with E-state index in [1.165, 1.54) is 6.42 Å². The zero-order valence-electron chi connectivity index (χ0n) is 4.65. The Morgan fingerprint density at radius 2 is 2.57 bits per heavy atom. The van der Waals surface area contributed by atoms with Gasteiger partial charge in [-0.15, -0.1) is 0 Å². The van der Waals surface area contributed by atoms with Crippen LogP contribution in [-0.4, -0.2) is 15.4 Å². The normalized spacial score (nSPS) is 19.3. The van der Waals surface area contributed by atoms with Crippen LogP contribution in [0.5, 0.6) is 0 Å². The standard InChI is InChI=1S/C6H10Ge/c1-7-6-4-2-3-5-6/h2,4-5H,3,7H2,1H3. The molecular formula is C6H10Ge. The molecule has 0 aliphatic heterocycles. The molecule has 0 spiro atoms. The molecule has 0 N–H and O–H groups in total. The van der Waals surface area contributed by atoms with Gasteiger partial charge < -0.3 is 0 Å². The quantitative estimate of drug-likeness (QED) is 0.496. The number of hydrogen-bond acceptors (Lipinski definition) is 0. The Kier molecular flexibility index (Phi) is 1.74. The van der Waals surface area contributed by atoms with Gasteiger partial charge in [-0.25, -0.2) is 0 Å². The van der Waals surface area contributed by atoms with Gasteiger partial charge in [0, 0.05) is 0 Å². The summed E-state index contributed by atoms with van der Waals surface area (Å²) in [5.41, 5.74) is 0. The van der Waals surface area contributed by atoms with Gasteiger partial charge in [0.2, 0.25) is 0 Å². The van der Waals surface area contributed by atoms with Crippen LogP contribution in [0.15, 0.2) is 22.6 Å². The monoisotopic (exact) mass is 156 g/mol. The van der Waals surface area contributed by atoms with Gasteiger partial charge in [-0.1, -0.05) is 0 Å². The summed E-state index contributed by atoms with van der Waals surface area (Å²) >= 11 is -0.194. The molecule has 1 heteroatoms. The molecule has 7 heavy (non-hydrogen) atoms. The molecule has 0 nitrogen and oxygen atoms in total. The molecule has 0 aromatic carbocycles. The number of allylic oxidation sites excluding steroid dienone is 4. The molecule has 0 amide bonds. The molecule has 0 radical (unpaired) electrons. The van der Waals surface area contributed by atoms with Crippen molar-refractivity contribution in [3.05, 3.63) is 22.6 Å². The van der Waals surface area contributed by atoms with E-state index in [2.05, 4.69) is 24.0 Å². The molecule has 0 saturated carbocycles. The van der Waals surface area contributed by atoms with Gasteiger partial charge >= 0.3 is 50.2 Å². The van der Waals surface area contributed by atoms with Crippen molar-refractivity contribution in [1.82, 2.24) is 0 Å². The average molecular weight is 155 g/mol. The fourth-order valence-electron chi connectivity index (χ4n) is 0.769. The van der Waals surface area contributed by atoms with E-state index in [4.69, 9.17) is 0 Å². The van der Waals surface area contributed by atoms with E-state index < -0.39 is 0 Å². The summed E-state index contributed by atoms with van der Waals surface area (Å²) in [6.45, 7) is 0. The van der Waals surface area contributed by atoms with E-state index >= 15 is 0 Å². The zero-order valence-corrected chi connectivity index (χ0v) is 7.61. The van der Waals surface area contributed by atoms with Crippen molar-refractivity contribution in [2.75, 3.05) is 0 Å². The van der Waals surface area contributed by atoms with E-state index in [1.54, 1.807) is 4.41 Å². The Bertz CT molecular complexity index is 111. The summed E-state index contributed by atoms with van der Waals surface area (Å²) in [5.74, 6) is 2.37.